The van der Waals surface area contributed by atoms with Crippen LogP contribution in [0.15, 0.2) is 24.3 Å². The lowest BCUT2D eigenvalue weighted by molar-refractivity contribution is 0.316. The van der Waals surface area contributed by atoms with E-state index in [1.807, 2.05) is 0 Å². The summed E-state index contributed by atoms with van der Waals surface area (Å²) in [5.41, 5.74) is 1.35. The molecule has 6 nitrogen and oxygen atoms in total. The van der Waals surface area contributed by atoms with Crippen LogP contribution in [-0.4, -0.2) is 34.3 Å². The maximum Gasteiger partial charge on any atom is 0.269 e. The molecule has 0 amide bonds. The Bertz CT molecular complexity index is 618. The van der Waals surface area contributed by atoms with Crippen LogP contribution < -0.4 is 0 Å². The lowest BCUT2D eigenvalue weighted by Crippen LogP contribution is -2.05. The highest BCUT2D eigenvalue weighted by Crippen LogP contribution is 2.10. The van der Waals surface area contributed by atoms with Crippen molar-refractivity contribution in [2.75, 3.05) is 12.9 Å². The minimum atomic E-state index is -4.04. The summed E-state index contributed by atoms with van der Waals surface area (Å²) in [6.45, 7) is 0.0847. The molecule has 0 saturated heterocycles. The van der Waals surface area contributed by atoms with Gasteiger partial charge in [-0.3, -0.25) is 8.74 Å². The van der Waals surface area contributed by atoms with Crippen LogP contribution >= 0.6 is 0 Å². The average molecular weight is 308 g/mol. The van der Waals surface area contributed by atoms with Gasteiger partial charge >= 0.3 is 0 Å². The summed E-state index contributed by atoms with van der Waals surface area (Å²) in [7, 11) is -7.47. The summed E-state index contributed by atoms with van der Waals surface area (Å²) in [6, 6.07) is 6.75. The molecule has 0 aliphatic rings. The smallest absolute Gasteiger partial charge is 0.269 e. The molecule has 0 fully saturated rings. The van der Waals surface area contributed by atoms with Crippen molar-refractivity contribution >= 4 is 20.2 Å². The molecule has 0 saturated carbocycles. The molecule has 19 heavy (non-hydrogen) atoms. The van der Waals surface area contributed by atoms with Crippen molar-refractivity contribution < 1.29 is 25.6 Å². The van der Waals surface area contributed by atoms with Crippen molar-refractivity contribution in [3.63, 3.8) is 0 Å². The Hall–Kier alpha value is -0.960. The molecule has 0 aliphatic heterocycles. The molecule has 0 aromatic heterocycles. The van der Waals surface area contributed by atoms with Crippen molar-refractivity contribution in [2.24, 2.45) is 0 Å². The fourth-order valence-electron chi connectivity index (χ4n) is 1.57. The fourth-order valence-corrected chi connectivity index (χ4v) is 2.59. The highest BCUT2D eigenvalue weighted by molar-refractivity contribution is 7.86. The summed E-state index contributed by atoms with van der Waals surface area (Å²) >= 11 is 0. The van der Waals surface area contributed by atoms with E-state index in [1.165, 1.54) is 0 Å². The number of rotatable bonds is 7. The van der Waals surface area contributed by atoms with Crippen LogP contribution in [0.5, 0.6) is 0 Å². The zero-order valence-corrected chi connectivity index (χ0v) is 12.1. The number of aryl methyl sites for hydroxylation is 1. The van der Waals surface area contributed by atoms with Crippen molar-refractivity contribution in [2.45, 2.75) is 18.6 Å². The molecule has 0 unspecified atom stereocenters. The van der Waals surface area contributed by atoms with E-state index in [0.717, 1.165) is 11.8 Å². The number of hydrogen-bond acceptors (Lipinski definition) is 5. The Balaban J connectivity index is 2.53. The normalized spacial score (nSPS) is 12.5. The highest BCUT2D eigenvalue weighted by Gasteiger charge is 2.07. The molecule has 8 heteroatoms. The molecular formula is C11H16O6S2. The van der Waals surface area contributed by atoms with E-state index in [2.05, 4.69) is 4.18 Å². The monoisotopic (exact) mass is 308 g/mol. The molecule has 108 valence electrons. The van der Waals surface area contributed by atoms with Gasteiger partial charge in [0.2, 0.25) is 0 Å². The molecule has 1 N–H and O–H groups in total. The quantitative estimate of drug-likeness (QED) is 0.458. The fraction of sp³-hybridized carbons (Fsp3) is 0.455. The van der Waals surface area contributed by atoms with E-state index in [-0.39, 0.29) is 6.61 Å². The molecule has 0 atom stereocenters. The standard InChI is InChI=1S/C11H16O6S2/c1-18(12,13)17-7-3-6-10-4-2-5-11(8-10)9-19(14,15)16/h2,4-5,8H,3,6-7,9H2,1H3,(H,14,15,16). The van der Waals surface area contributed by atoms with Gasteiger partial charge in [-0.25, -0.2) is 0 Å². The van der Waals surface area contributed by atoms with Crippen molar-refractivity contribution in [3.05, 3.63) is 35.4 Å². The third-order valence-corrected chi connectivity index (χ3v) is 3.54. The van der Waals surface area contributed by atoms with Crippen LogP contribution in [0.2, 0.25) is 0 Å². The molecule has 1 aromatic carbocycles. The molecule has 0 aliphatic carbocycles. The first kappa shape index (κ1) is 16.1. The maximum absolute atomic E-state index is 10.8. The SMILES string of the molecule is CS(=O)(=O)OCCCc1cccc(CS(=O)(=O)O)c1. The first-order chi connectivity index (χ1) is 8.66. The molecule has 0 heterocycles. The first-order valence-electron chi connectivity index (χ1n) is 5.53. The number of hydrogen-bond donors (Lipinski definition) is 1. The zero-order chi connectivity index (χ0) is 14.5. The van der Waals surface area contributed by atoms with Gasteiger partial charge < -0.3 is 0 Å². The van der Waals surface area contributed by atoms with Crippen molar-refractivity contribution in [1.29, 1.82) is 0 Å². The van der Waals surface area contributed by atoms with Gasteiger partial charge in [-0.15, -0.1) is 0 Å². The summed E-state index contributed by atoms with van der Waals surface area (Å²) in [5.74, 6) is -0.430. The number of benzene rings is 1. The molecular weight excluding hydrogens is 292 g/mol. The van der Waals surface area contributed by atoms with Gasteiger partial charge in [0.05, 0.1) is 12.9 Å². The Kier molecular flexibility index (Phi) is 5.48. The average Bonchev–Trinajstić information content (AvgIpc) is 2.21. The van der Waals surface area contributed by atoms with E-state index >= 15 is 0 Å². The third kappa shape index (κ3) is 7.93. The van der Waals surface area contributed by atoms with Crippen LogP contribution in [0.3, 0.4) is 0 Å². The van der Waals surface area contributed by atoms with Crippen molar-refractivity contribution in [1.82, 2.24) is 0 Å². The van der Waals surface area contributed by atoms with E-state index in [1.54, 1.807) is 24.3 Å². The van der Waals surface area contributed by atoms with Gasteiger partial charge in [0.15, 0.2) is 0 Å². The van der Waals surface area contributed by atoms with Crippen LogP contribution in [0.1, 0.15) is 17.5 Å². The predicted octanol–water partition coefficient (Wildman–Crippen LogP) is 0.983. The third-order valence-electron chi connectivity index (χ3n) is 2.25. The Labute approximate surface area is 113 Å². The van der Waals surface area contributed by atoms with Gasteiger partial charge in [-0.2, -0.15) is 16.8 Å². The minimum Gasteiger partial charge on any atom is -0.285 e. The first-order valence-corrected chi connectivity index (χ1v) is 8.96. The second kappa shape index (κ2) is 6.47. The summed E-state index contributed by atoms with van der Waals surface area (Å²) in [4.78, 5) is 0. The van der Waals surface area contributed by atoms with E-state index < -0.39 is 26.0 Å². The predicted molar refractivity (Wildman–Crippen MR) is 70.8 cm³/mol. The van der Waals surface area contributed by atoms with E-state index in [0.29, 0.717) is 18.4 Å². The van der Waals surface area contributed by atoms with Crippen LogP contribution in [-0.2, 0) is 36.6 Å². The summed E-state index contributed by atoms with van der Waals surface area (Å²) < 4.78 is 56.3. The van der Waals surface area contributed by atoms with Gasteiger partial charge in [-0.1, -0.05) is 24.3 Å². The van der Waals surface area contributed by atoms with Crippen LogP contribution in [0.25, 0.3) is 0 Å². The van der Waals surface area contributed by atoms with Gasteiger partial charge in [0.25, 0.3) is 20.2 Å². The molecule has 0 spiro atoms. The minimum absolute atomic E-state index is 0.0847. The molecule has 0 radical (unpaired) electrons. The van der Waals surface area contributed by atoms with Gasteiger partial charge in [0.1, 0.15) is 5.75 Å². The topological polar surface area (TPSA) is 97.7 Å². The molecule has 0 bridgehead atoms. The van der Waals surface area contributed by atoms with E-state index in [4.69, 9.17) is 4.55 Å². The van der Waals surface area contributed by atoms with E-state index in [9.17, 15) is 16.8 Å². The largest absolute Gasteiger partial charge is 0.285 e. The van der Waals surface area contributed by atoms with Crippen molar-refractivity contribution in [3.8, 4) is 0 Å². The molecule has 1 aromatic rings. The van der Waals surface area contributed by atoms with Crippen LogP contribution in [0.4, 0.5) is 0 Å². The molecule has 1 rings (SSSR count). The second-order valence-corrected chi connectivity index (χ2v) is 7.27. The lowest BCUT2D eigenvalue weighted by atomic mass is 10.1. The highest BCUT2D eigenvalue weighted by atomic mass is 32.2. The summed E-state index contributed by atoms with van der Waals surface area (Å²) in [5, 5.41) is 0. The lowest BCUT2D eigenvalue weighted by Gasteiger charge is -2.04. The summed E-state index contributed by atoms with van der Waals surface area (Å²) in [6.07, 6.45) is 2.05. The second-order valence-electron chi connectivity index (χ2n) is 4.18. The Morgan fingerprint density at radius 2 is 1.79 bits per heavy atom. The maximum atomic E-state index is 10.8. The van der Waals surface area contributed by atoms with Gasteiger partial charge in [0, 0.05) is 0 Å². The Morgan fingerprint density at radius 3 is 2.37 bits per heavy atom. The Morgan fingerprint density at radius 1 is 1.16 bits per heavy atom. The van der Waals surface area contributed by atoms with Gasteiger partial charge in [-0.05, 0) is 24.0 Å². The van der Waals surface area contributed by atoms with Crippen LogP contribution in [0, 0.1) is 0 Å². The zero-order valence-electron chi connectivity index (χ0n) is 10.4.